The Bertz CT molecular complexity index is 641. The number of benzene rings is 1. The van der Waals surface area contributed by atoms with Gasteiger partial charge in [-0.05, 0) is 48.2 Å². The zero-order valence-corrected chi connectivity index (χ0v) is 12.5. The highest BCUT2D eigenvalue weighted by molar-refractivity contribution is 7.11. The smallest absolute Gasteiger partial charge is 0.195 e. The van der Waals surface area contributed by atoms with Gasteiger partial charge in [-0.15, -0.1) is 11.3 Å². The van der Waals surface area contributed by atoms with Crippen LogP contribution in [0.25, 0.3) is 5.57 Å². The first-order valence-electron chi connectivity index (χ1n) is 6.21. The van der Waals surface area contributed by atoms with Crippen molar-refractivity contribution in [2.24, 2.45) is 0 Å². The minimum absolute atomic E-state index is 0.0967. The first-order chi connectivity index (χ1) is 9.47. The van der Waals surface area contributed by atoms with Crippen molar-refractivity contribution >= 4 is 22.7 Å². The summed E-state index contributed by atoms with van der Waals surface area (Å²) in [6.07, 6.45) is 1.80. The molecule has 1 aromatic carbocycles. The van der Waals surface area contributed by atoms with Crippen molar-refractivity contribution in [3.8, 4) is 0 Å². The number of rotatable bonds is 4. The van der Waals surface area contributed by atoms with Gasteiger partial charge in [0.15, 0.2) is 5.78 Å². The molecule has 0 saturated carbocycles. The monoisotopic (exact) mass is 289 g/mol. The van der Waals surface area contributed by atoms with E-state index in [4.69, 9.17) is 0 Å². The number of carbonyl (C=O) groups is 1. The van der Waals surface area contributed by atoms with Crippen LogP contribution in [0.4, 0.5) is 4.39 Å². The van der Waals surface area contributed by atoms with Crippen molar-refractivity contribution in [1.82, 2.24) is 4.90 Å². The highest BCUT2D eigenvalue weighted by Gasteiger charge is 2.16. The number of hydrogen-bond acceptors (Lipinski definition) is 3. The highest BCUT2D eigenvalue weighted by Crippen LogP contribution is 2.26. The molecular weight excluding hydrogens is 273 g/mol. The van der Waals surface area contributed by atoms with E-state index in [9.17, 15) is 9.18 Å². The number of aryl methyl sites for hydroxylation is 1. The zero-order valence-electron chi connectivity index (χ0n) is 11.7. The van der Waals surface area contributed by atoms with Crippen LogP contribution in [-0.2, 0) is 0 Å². The number of ketones is 1. The van der Waals surface area contributed by atoms with Gasteiger partial charge in [0.25, 0.3) is 0 Å². The van der Waals surface area contributed by atoms with Gasteiger partial charge in [0.2, 0.25) is 0 Å². The maximum absolute atomic E-state index is 13.0. The van der Waals surface area contributed by atoms with Gasteiger partial charge in [0, 0.05) is 30.7 Å². The summed E-state index contributed by atoms with van der Waals surface area (Å²) in [5.74, 6) is -0.438. The number of hydrogen-bond donors (Lipinski definition) is 0. The van der Waals surface area contributed by atoms with Crippen molar-refractivity contribution in [2.75, 3.05) is 14.1 Å². The van der Waals surface area contributed by atoms with Gasteiger partial charge in [-0.3, -0.25) is 4.79 Å². The quantitative estimate of drug-likeness (QED) is 0.627. The number of carbonyl (C=O) groups excluding carboxylic acids is 1. The van der Waals surface area contributed by atoms with Gasteiger partial charge in [-0.25, -0.2) is 4.39 Å². The standard InChI is InChI=1S/C16H16FNOS/c1-11-8-15(20-10-11)14(9-18(2)3)16(19)12-4-6-13(17)7-5-12/h4-10H,1-3H3. The van der Waals surface area contributed by atoms with E-state index < -0.39 is 0 Å². The Kier molecular flexibility index (Phi) is 4.35. The van der Waals surface area contributed by atoms with Gasteiger partial charge >= 0.3 is 0 Å². The van der Waals surface area contributed by atoms with E-state index in [0.29, 0.717) is 11.1 Å². The minimum atomic E-state index is -0.341. The molecule has 1 aromatic heterocycles. The van der Waals surface area contributed by atoms with Gasteiger partial charge in [0.1, 0.15) is 5.82 Å². The predicted molar refractivity (Wildman–Crippen MR) is 81.5 cm³/mol. The lowest BCUT2D eigenvalue weighted by molar-refractivity contribution is 0.105. The van der Waals surface area contributed by atoms with E-state index in [-0.39, 0.29) is 11.6 Å². The van der Waals surface area contributed by atoms with Gasteiger partial charge in [0.05, 0.1) is 5.57 Å². The van der Waals surface area contributed by atoms with Crippen molar-refractivity contribution < 1.29 is 9.18 Å². The van der Waals surface area contributed by atoms with Gasteiger partial charge in [-0.1, -0.05) is 0 Å². The molecule has 0 aliphatic heterocycles. The van der Waals surface area contributed by atoms with Crippen LogP contribution < -0.4 is 0 Å². The summed E-state index contributed by atoms with van der Waals surface area (Å²) in [4.78, 5) is 15.4. The second kappa shape index (κ2) is 6.01. The SMILES string of the molecule is Cc1csc(C(=CN(C)C)C(=O)c2ccc(F)cc2)c1. The molecule has 0 amide bonds. The van der Waals surface area contributed by atoms with Crippen LogP contribution >= 0.6 is 11.3 Å². The number of Topliss-reactive ketones (excluding diaryl/α,β-unsaturated/α-hetero) is 1. The second-order valence-corrected chi connectivity index (χ2v) is 5.74. The topological polar surface area (TPSA) is 20.3 Å². The van der Waals surface area contributed by atoms with Crippen molar-refractivity contribution in [1.29, 1.82) is 0 Å². The number of nitrogens with zero attached hydrogens (tertiary/aromatic N) is 1. The molecule has 2 aromatic rings. The molecule has 0 radical (unpaired) electrons. The molecule has 2 rings (SSSR count). The lowest BCUT2D eigenvalue weighted by Gasteiger charge is -2.10. The third kappa shape index (κ3) is 3.33. The number of halogens is 1. The van der Waals surface area contributed by atoms with Crippen LogP contribution in [0.15, 0.2) is 41.9 Å². The molecule has 0 unspecified atom stereocenters. The van der Waals surface area contributed by atoms with Gasteiger partial charge in [-0.2, -0.15) is 0 Å². The Balaban J connectivity index is 2.42. The Morgan fingerprint density at radius 2 is 1.90 bits per heavy atom. The van der Waals surface area contributed by atoms with Crippen molar-refractivity contribution in [2.45, 2.75) is 6.92 Å². The summed E-state index contributed by atoms with van der Waals surface area (Å²) in [6.45, 7) is 2.00. The summed E-state index contributed by atoms with van der Waals surface area (Å²) in [5, 5.41) is 2.01. The minimum Gasteiger partial charge on any atom is -0.383 e. The van der Waals surface area contributed by atoms with E-state index >= 15 is 0 Å². The molecule has 0 fully saturated rings. The normalized spacial score (nSPS) is 11.5. The van der Waals surface area contributed by atoms with Crippen LogP contribution in [0.3, 0.4) is 0 Å². The second-order valence-electron chi connectivity index (χ2n) is 4.83. The molecule has 4 heteroatoms. The first-order valence-corrected chi connectivity index (χ1v) is 7.09. The van der Waals surface area contributed by atoms with Crippen LogP contribution in [0.5, 0.6) is 0 Å². The number of allylic oxidation sites excluding steroid dienone is 1. The molecule has 0 atom stereocenters. The fourth-order valence-corrected chi connectivity index (χ4v) is 2.73. The molecule has 0 N–H and O–H groups in total. The van der Waals surface area contributed by atoms with Crippen LogP contribution in [0, 0.1) is 12.7 Å². The van der Waals surface area contributed by atoms with E-state index in [1.54, 1.807) is 6.20 Å². The molecule has 0 aliphatic rings. The average molecular weight is 289 g/mol. The number of thiophene rings is 1. The summed E-state index contributed by atoms with van der Waals surface area (Å²) in [6, 6.07) is 7.63. The molecule has 20 heavy (non-hydrogen) atoms. The maximum Gasteiger partial charge on any atom is 0.195 e. The van der Waals surface area contributed by atoms with E-state index in [1.807, 2.05) is 37.4 Å². The molecule has 0 spiro atoms. The molecular formula is C16H16FNOS. The van der Waals surface area contributed by atoms with Crippen molar-refractivity contribution in [3.05, 3.63) is 63.7 Å². The summed E-state index contributed by atoms with van der Waals surface area (Å²) < 4.78 is 13.0. The molecule has 2 nitrogen and oxygen atoms in total. The Labute approximate surface area is 122 Å². The zero-order chi connectivity index (χ0) is 14.7. The fourth-order valence-electron chi connectivity index (χ4n) is 1.82. The van der Waals surface area contributed by atoms with E-state index in [0.717, 1.165) is 10.4 Å². The predicted octanol–water partition coefficient (Wildman–Crippen LogP) is 3.98. The lowest BCUT2D eigenvalue weighted by atomic mass is 10.0. The average Bonchev–Trinajstić information content (AvgIpc) is 2.82. The third-order valence-electron chi connectivity index (χ3n) is 2.73. The molecule has 1 heterocycles. The first kappa shape index (κ1) is 14.5. The Morgan fingerprint density at radius 1 is 1.25 bits per heavy atom. The third-order valence-corrected chi connectivity index (χ3v) is 3.82. The van der Waals surface area contributed by atoms with E-state index in [2.05, 4.69) is 0 Å². The van der Waals surface area contributed by atoms with E-state index in [1.165, 1.54) is 35.6 Å². The lowest BCUT2D eigenvalue weighted by Crippen LogP contribution is -2.08. The fraction of sp³-hybridized carbons (Fsp3) is 0.188. The van der Waals surface area contributed by atoms with Crippen molar-refractivity contribution in [3.63, 3.8) is 0 Å². The molecule has 0 saturated heterocycles. The van der Waals surface area contributed by atoms with Gasteiger partial charge < -0.3 is 4.90 Å². The Morgan fingerprint density at radius 3 is 2.40 bits per heavy atom. The summed E-state index contributed by atoms with van der Waals surface area (Å²) in [7, 11) is 3.75. The summed E-state index contributed by atoms with van der Waals surface area (Å²) in [5.41, 5.74) is 2.24. The van der Waals surface area contributed by atoms with Crippen LogP contribution in [0.2, 0.25) is 0 Å². The molecule has 104 valence electrons. The Hall–Kier alpha value is -1.94. The molecule has 0 bridgehead atoms. The largest absolute Gasteiger partial charge is 0.383 e. The highest BCUT2D eigenvalue weighted by atomic mass is 32.1. The van der Waals surface area contributed by atoms with Crippen LogP contribution in [-0.4, -0.2) is 24.8 Å². The summed E-state index contributed by atoms with van der Waals surface area (Å²) >= 11 is 1.54. The molecule has 0 aliphatic carbocycles. The maximum atomic E-state index is 13.0. The van der Waals surface area contributed by atoms with Crippen LogP contribution in [0.1, 0.15) is 20.8 Å².